The first-order chi connectivity index (χ1) is 17.1. The summed E-state index contributed by atoms with van der Waals surface area (Å²) in [5.74, 6) is -0.569. The molecule has 0 unspecified atom stereocenters. The molecule has 3 rings (SSSR count). The van der Waals surface area contributed by atoms with Crippen LogP contribution < -0.4 is 14.8 Å². The van der Waals surface area contributed by atoms with E-state index in [0.29, 0.717) is 30.2 Å². The normalized spacial score (nSPS) is 11.4. The van der Waals surface area contributed by atoms with Gasteiger partial charge in [-0.2, -0.15) is 18.4 Å². The van der Waals surface area contributed by atoms with Crippen molar-refractivity contribution in [2.24, 2.45) is 0 Å². The van der Waals surface area contributed by atoms with Crippen LogP contribution in [-0.4, -0.2) is 17.4 Å². The summed E-state index contributed by atoms with van der Waals surface area (Å²) in [6, 6.07) is 16.1. The molecule has 0 aromatic heterocycles. The van der Waals surface area contributed by atoms with Crippen molar-refractivity contribution in [3.8, 4) is 23.3 Å². The van der Waals surface area contributed by atoms with Crippen LogP contribution in [0.25, 0.3) is 6.08 Å². The van der Waals surface area contributed by atoms with Crippen molar-refractivity contribution in [1.82, 2.24) is 0 Å². The largest absolute Gasteiger partial charge is 0.494 e. The van der Waals surface area contributed by atoms with E-state index in [0.717, 1.165) is 6.07 Å². The second-order valence-electron chi connectivity index (χ2n) is 7.16. The van der Waals surface area contributed by atoms with Crippen molar-refractivity contribution in [2.75, 3.05) is 11.9 Å². The quantitative estimate of drug-likeness (QED) is 0.168. The number of nitriles is 1. The Morgan fingerprint density at radius 2 is 1.81 bits per heavy atom. The molecule has 0 atom stereocenters. The highest BCUT2D eigenvalue weighted by Gasteiger charge is 2.33. The van der Waals surface area contributed by atoms with Crippen LogP contribution in [0.2, 0.25) is 0 Å². The zero-order valence-electron chi connectivity index (χ0n) is 18.7. The van der Waals surface area contributed by atoms with Gasteiger partial charge in [-0.25, -0.2) is 0 Å². The van der Waals surface area contributed by atoms with Gasteiger partial charge < -0.3 is 14.8 Å². The fourth-order valence-corrected chi connectivity index (χ4v) is 3.04. The second kappa shape index (κ2) is 11.1. The van der Waals surface area contributed by atoms with Crippen molar-refractivity contribution >= 4 is 23.4 Å². The summed E-state index contributed by atoms with van der Waals surface area (Å²) in [6.45, 7) is 2.31. The van der Waals surface area contributed by atoms with Gasteiger partial charge in [-0.1, -0.05) is 18.2 Å². The minimum Gasteiger partial charge on any atom is -0.494 e. The van der Waals surface area contributed by atoms with E-state index in [4.69, 9.17) is 9.47 Å². The van der Waals surface area contributed by atoms with Gasteiger partial charge in [-0.3, -0.25) is 14.9 Å². The van der Waals surface area contributed by atoms with Gasteiger partial charge in [0.2, 0.25) is 5.75 Å². The standard InChI is InChI=1S/C25H18F3N3O5/c1-2-35-20-10-8-19(9-11-20)30-24(32)17(15-29)13-16-5-3-4-6-22(16)36-23-12-7-18(25(26,27)28)14-21(23)31(33)34/h3-14H,2H2,1H3,(H,30,32)/b17-13+. The first-order valence-corrected chi connectivity index (χ1v) is 10.4. The number of nitro benzene ring substituents is 1. The number of anilines is 1. The number of hydrogen-bond donors (Lipinski definition) is 1. The summed E-state index contributed by atoms with van der Waals surface area (Å²) in [6.07, 6.45) is -3.57. The van der Waals surface area contributed by atoms with E-state index < -0.39 is 34.0 Å². The molecule has 0 saturated carbocycles. The molecule has 0 saturated heterocycles. The number of carbonyl (C=O) groups is 1. The lowest BCUT2D eigenvalue weighted by atomic mass is 10.1. The van der Waals surface area contributed by atoms with E-state index in [1.807, 2.05) is 6.92 Å². The maximum Gasteiger partial charge on any atom is 0.416 e. The third kappa shape index (κ3) is 6.38. The highest BCUT2D eigenvalue weighted by Crippen LogP contribution is 2.38. The molecule has 8 nitrogen and oxygen atoms in total. The molecule has 1 N–H and O–H groups in total. The van der Waals surface area contributed by atoms with E-state index in [1.54, 1.807) is 36.4 Å². The molecule has 0 radical (unpaired) electrons. The molecule has 0 spiro atoms. The summed E-state index contributed by atoms with van der Waals surface area (Å²) in [7, 11) is 0. The van der Waals surface area contributed by atoms with Crippen LogP contribution in [0.5, 0.6) is 17.2 Å². The van der Waals surface area contributed by atoms with Gasteiger partial charge >= 0.3 is 11.9 Å². The monoisotopic (exact) mass is 497 g/mol. The summed E-state index contributed by atoms with van der Waals surface area (Å²) in [4.78, 5) is 23.0. The van der Waals surface area contributed by atoms with Crippen molar-refractivity contribution < 1.29 is 32.4 Å². The number of benzene rings is 3. The van der Waals surface area contributed by atoms with E-state index in [-0.39, 0.29) is 16.9 Å². The molecular formula is C25H18F3N3O5. The number of nitro groups is 1. The molecule has 11 heteroatoms. The average Bonchev–Trinajstić information content (AvgIpc) is 2.84. The Kier molecular flexibility index (Phi) is 7.91. The van der Waals surface area contributed by atoms with Gasteiger partial charge in [0.05, 0.1) is 17.1 Å². The number of carbonyl (C=O) groups excluding carboxylic acids is 1. The molecule has 184 valence electrons. The van der Waals surface area contributed by atoms with E-state index in [2.05, 4.69) is 5.32 Å². The van der Waals surface area contributed by atoms with Gasteiger partial charge in [0.1, 0.15) is 23.1 Å². The third-order valence-electron chi connectivity index (χ3n) is 4.71. The van der Waals surface area contributed by atoms with Crippen molar-refractivity contribution in [1.29, 1.82) is 5.26 Å². The summed E-state index contributed by atoms with van der Waals surface area (Å²) in [5.41, 5.74) is -1.79. The zero-order chi connectivity index (χ0) is 26.3. The number of hydrogen-bond acceptors (Lipinski definition) is 6. The lowest BCUT2D eigenvalue weighted by molar-refractivity contribution is -0.385. The Morgan fingerprint density at radius 1 is 1.11 bits per heavy atom. The molecule has 3 aromatic rings. The Balaban J connectivity index is 1.89. The Morgan fingerprint density at radius 3 is 2.42 bits per heavy atom. The number of ether oxygens (including phenoxy) is 2. The lowest BCUT2D eigenvalue weighted by Crippen LogP contribution is -2.13. The number of alkyl halides is 3. The molecule has 0 heterocycles. The van der Waals surface area contributed by atoms with E-state index >= 15 is 0 Å². The highest BCUT2D eigenvalue weighted by molar-refractivity contribution is 6.09. The topological polar surface area (TPSA) is 114 Å². The molecule has 0 aliphatic carbocycles. The van der Waals surface area contributed by atoms with Gasteiger partial charge in [0.25, 0.3) is 5.91 Å². The maximum atomic E-state index is 13.0. The minimum absolute atomic E-state index is 0.0121. The van der Waals surface area contributed by atoms with Crippen LogP contribution in [0.1, 0.15) is 18.1 Å². The average molecular weight is 497 g/mol. The second-order valence-corrected chi connectivity index (χ2v) is 7.16. The van der Waals surface area contributed by atoms with E-state index in [1.165, 1.54) is 24.3 Å². The molecule has 3 aromatic carbocycles. The maximum absolute atomic E-state index is 13.0. The summed E-state index contributed by atoms with van der Waals surface area (Å²) < 4.78 is 49.8. The number of rotatable bonds is 8. The molecule has 1 amide bonds. The van der Waals surface area contributed by atoms with Gasteiger partial charge in [0.15, 0.2) is 0 Å². The zero-order valence-corrected chi connectivity index (χ0v) is 18.7. The number of halogens is 3. The van der Waals surface area contributed by atoms with Crippen LogP contribution in [0.4, 0.5) is 24.5 Å². The molecule has 0 aliphatic heterocycles. The number of para-hydroxylation sites is 1. The molecule has 0 bridgehead atoms. The van der Waals surface area contributed by atoms with Gasteiger partial charge in [-0.15, -0.1) is 0 Å². The molecular weight excluding hydrogens is 479 g/mol. The fraction of sp³-hybridized carbons (Fsp3) is 0.120. The number of nitrogens with one attached hydrogen (secondary N) is 1. The Hall–Kier alpha value is -4.85. The predicted molar refractivity (Wildman–Crippen MR) is 124 cm³/mol. The van der Waals surface area contributed by atoms with Crippen LogP contribution in [0.3, 0.4) is 0 Å². The van der Waals surface area contributed by atoms with Crippen molar-refractivity contribution in [3.63, 3.8) is 0 Å². The van der Waals surface area contributed by atoms with Gasteiger partial charge in [0, 0.05) is 17.3 Å². The summed E-state index contributed by atoms with van der Waals surface area (Å²) in [5, 5.41) is 23.5. The van der Waals surface area contributed by atoms with Gasteiger partial charge in [-0.05, 0) is 55.5 Å². The van der Waals surface area contributed by atoms with Crippen molar-refractivity contribution in [3.05, 3.63) is 93.5 Å². The fourth-order valence-electron chi connectivity index (χ4n) is 3.04. The SMILES string of the molecule is CCOc1ccc(NC(=O)/C(C#N)=C/c2ccccc2Oc2ccc(C(F)(F)F)cc2[N+](=O)[O-])cc1. The molecule has 36 heavy (non-hydrogen) atoms. The smallest absolute Gasteiger partial charge is 0.416 e. The van der Waals surface area contributed by atoms with Crippen LogP contribution >= 0.6 is 0 Å². The number of nitrogens with zero attached hydrogens (tertiary/aromatic N) is 2. The highest BCUT2D eigenvalue weighted by atomic mass is 19.4. The Labute approximate surface area is 203 Å². The predicted octanol–water partition coefficient (Wildman–Crippen LogP) is 6.35. The van der Waals surface area contributed by atoms with Crippen LogP contribution in [0.15, 0.2) is 72.3 Å². The number of amides is 1. The molecule has 0 aliphatic rings. The summed E-state index contributed by atoms with van der Waals surface area (Å²) >= 11 is 0. The van der Waals surface area contributed by atoms with Crippen LogP contribution in [-0.2, 0) is 11.0 Å². The lowest BCUT2D eigenvalue weighted by Gasteiger charge is -2.12. The first kappa shape index (κ1) is 25.8. The first-order valence-electron chi connectivity index (χ1n) is 10.4. The third-order valence-corrected chi connectivity index (χ3v) is 4.71. The van der Waals surface area contributed by atoms with Crippen molar-refractivity contribution in [2.45, 2.75) is 13.1 Å². The Bertz CT molecular complexity index is 1350. The van der Waals surface area contributed by atoms with Crippen LogP contribution in [0, 0.1) is 21.4 Å². The minimum atomic E-state index is -4.78. The molecule has 0 fully saturated rings. The van der Waals surface area contributed by atoms with E-state index in [9.17, 15) is 33.3 Å².